The number of hydrogen-bond donors (Lipinski definition) is 1. The second-order valence-corrected chi connectivity index (χ2v) is 4.10. The van der Waals surface area contributed by atoms with Crippen molar-refractivity contribution in [3.63, 3.8) is 0 Å². The number of aromatic amines is 1. The number of halogens is 3. The molecule has 0 radical (unpaired) electrons. The molecule has 2 aromatic rings. The van der Waals surface area contributed by atoms with E-state index in [1.165, 1.54) is 6.07 Å². The van der Waals surface area contributed by atoms with E-state index in [9.17, 15) is 9.18 Å². The van der Waals surface area contributed by atoms with Gasteiger partial charge in [-0.1, -0.05) is 11.6 Å². The Kier molecular flexibility index (Phi) is 2.44. The summed E-state index contributed by atoms with van der Waals surface area (Å²) in [5.41, 5.74) is -0.352. The molecule has 14 heavy (non-hydrogen) atoms. The summed E-state index contributed by atoms with van der Waals surface area (Å²) < 4.78 is 13.8. The minimum atomic E-state index is -0.556. The highest BCUT2D eigenvalue weighted by molar-refractivity contribution is 14.1. The minimum absolute atomic E-state index is 0.0440. The highest BCUT2D eigenvalue weighted by Crippen LogP contribution is 2.25. The normalized spacial score (nSPS) is 10.8. The summed E-state index contributed by atoms with van der Waals surface area (Å²) in [6.45, 7) is 0. The van der Waals surface area contributed by atoms with Gasteiger partial charge in [0.25, 0.3) is 5.56 Å². The predicted molar refractivity (Wildman–Crippen MR) is 60.0 cm³/mol. The summed E-state index contributed by atoms with van der Waals surface area (Å²) in [6.07, 6.45) is 1.16. The second kappa shape index (κ2) is 3.47. The average Bonchev–Trinajstić information content (AvgIpc) is 2.17. The lowest BCUT2D eigenvalue weighted by Crippen LogP contribution is -2.07. The van der Waals surface area contributed by atoms with Gasteiger partial charge in [-0.3, -0.25) is 4.79 Å². The van der Waals surface area contributed by atoms with Crippen molar-refractivity contribution < 1.29 is 4.39 Å². The van der Waals surface area contributed by atoms with E-state index >= 15 is 0 Å². The first-order valence-corrected chi connectivity index (χ1v) is 5.08. The van der Waals surface area contributed by atoms with Crippen molar-refractivity contribution in [2.45, 2.75) is 0 Å². The van der Waals surface area contributed by atoms with Crippen LogP contribution in [0.5, 0.6) is 0 Å². The van der Waals surface area contributed by atoms with E-state index in [0.717, 1.165) is 6.33 Å². The van der Waals surface area contributed by atoms with Crippen LogP contribution in [0.1, 0.15) is 0 Å². The molecular weight excluding hydrogens is 321 g/mol. The van der Waals surface area contributed by atoms with Gasteiger partial charge in [-0.15, -0.1) is 0 Å². The molecule has 1 N–H and O–H groups in total. The standard InChI is InChI=1S/C8H3ClFIN2O/c9-4-1-3-7(5(10)6(4)11)12-2-13-8(3)14/h1-2H,(H,12,13,14). The Hall–Kier alpha value is -0.690. The summed E-state index contributed by atoms with van der Waals surface area (Å²) in [5, 5.41) is 0.379. The van der Waals surface area contributed by atoms with Gasteiger partial charge in [-0.05, 0) is 28.7 Å². The van der Waals surface area contributed by atoms with Crippen LogP contribution in [-0.2, 0) is 0 Å². The molecule has 0 aliphatic rings. The zero-order valence-electron chi connectivity index (χ0n) is 6.64. The summed E-state index contributed by atoms with van der Waals surface area (Å²) >= 11 is 7.51. The van der Waals surface area contributed by atoms with Gasteiger partial charge in [-0.2, -0.15) is 0 Å². The fraction of sp³-hybridized carbons (Fsp3) is 0. The lowest BCUT2D eigenvalue weighted by molar-refractivity contribution is 0.629. The number of nitrogens with one attached hydrogen (secondary N) is 1. The van der Waals surface area contributed by atoms with Crippen LogP contribution in [0.4, 0.5) is 4.39 Å². The van der Waals surface area contributed by atoms with E-state index in [1.54, 1.807) is 22.6 Å². The third kappa shape index (κ3) is 1.40. The molecule has 6 heteroatoms. The van der Waals surface area contributed by atoms with Gasteiger partial charge < -0.3 is 4.98 Å². The van der Waals surface area contributed by atoms with Crippen LogP contribution in [-0.4, -0.2) is 9.97 Å². The van der Waals surface area contributed by atoms with Crippen LogP contribution >= 0.6 is 34.2 Å². The van der Waals surface area contributed by atoms with Crippen molar-refractivity contribution in [3.05, 3.63) is 37.2 Å². The lowest BCUT2D eigenvalue weighted by Gasteiger charge is -2.01. The van der Waals surface area contributed by atoms with Crippen molar-refractivity contribution in [1.29, 1.82) is 0 Å². The molecule has 0 aliphatic carbocycles. The number of H-pyrrole nitrogens is 1. The first-order valence-electron chi connectivity index (χ1n) is 3.62. The number of nitrogens with zero attached hydrogens (tertiary/aromatic N) is 1. The summed E-state index contributed by atoms with van der Waals surface area (Å²) in [4.78, 5) is 17.4. The molecule has 0 unspecified atom stereocenters. The van der Waals surface area contributed by atoms with Crippen molar-refractivity contribution in [3.8, 4) is 0 Å². The van der Waals surface area contributed by atoms with Crippen LogP contribution in [0, 0.1) is 9.39 Å². The fourth-order valence-corrected chi connectivity index (χ4v) is 1.72. The first kappa shape index (κ1) is 9.85. The third-order valence-corrected chi connectivity index (χ3v) is 3.44. The maximum absolute atomic E-state index is 13.5. The molecule has 1 aromatic carbocycles. The minimum Gasteiger partial charge on any atom is -0.313 e. The van der Waals surface area contributed by atoms with Gasteiger partial charge in [0.05, 0.1) is 20.3 Å². The van der Waals surface area contributed by atoms with Gasteiger partial charge in [0.15, 0.2) is 5.82 Å². The second-order valence-electron chi connectivity index (χ2n) is 2.61. The zero-order valence-corrected chi connectivity index (χ0v) is 9.56. The molecule has 0 atom stereocenters. The van der Waals surface area contributed by atoms with E-state index in [1.807, 2.05) is 0 Å². The van der Waals surface area contributed by atoms with Crippen LogP contribution in [0.15, 0.2) is 17.2 Å². The molecule has 0 spiro atoms. The van der Waals surface area contributed by atoms with Crippen molar-refractivity contribution in [2.75, 3.05) is 0 Å². The average molecular weight is 324 g/mol. The molecule has 72 valence electrons. The molecule has 0 fully saturated rings. The molecule has 1 aromatic heterocycles. The van der Waals surface area contributed by atoms with Crippen LogP contribution in [0.2, 0.25) is 5.02 Å². The van der Waals surface area contributed by atoms with E-state index in [-0.39, 0.29) is 19.5 Å². The molecule has 3 nitrogen and oxygen atoms in total. The Morgan fingerprint density at radius 2 is 2.29 bits per heavy atom. The third-order valence-electron chi connectivity index (χ3n) is 1.77. The van der Waals surface area contributed by atoms with E-state index < -0.39 is 11.4 Å². The molecule has 0 bridgehead atoms. The number of benzene rings is 1. The number of aromatic nitrogens is 2. The molecule has 1 heterocycles. The van der Waals surface area contributed by atoms with Crippen molar-refractivity contribution in [2.24, 2.45) is 0 Å². The van der Waals surface area contributed by atoms with Crippen LogP contribution in [0.3, 0.4) is 0 Å². The smallest absolute Gasteiger partial charge is 0.258 e. The number of fused-ring (bicyclic) bond motifs is 1. The fourth-order valence-electron chi connectivity index (χ4n) is 1.12. The first-order chi connectivity index (χ1) is 6.61. The quantitative estimate of drug-likeness (QED) is 0.597. The van der Waals surface area contributed by atoms with E-state index in [0.29, 0.717) is 0 Å². The number of rotatable bonds is 0. The maximum atomic E-state index is 13.5. The largest absolute Gasteiger partial charge is 0.313 e. The van der Waals surface area contributed by atoms with Crippen LogP contribution < -0.4 is 5.56 Å². The molecule has 0 aliphatic heterocycles. The van der Waals surface area contributed by atoms with Gasteiger partial charge in [0, 0.05) is 0 Å². The highest BCUT2D eigenvalue weighted by Gasteiger charge is 2.12. The summed E-state index contributed by atoms with van der Waals surface area (Å²) in [7, 11) is 0. The summed E-state index contributed by atoms with van der Waals surface area (Å²) in [6, 6.07) is 1.41. The number of hydrogen-bond acceptors (Lipinski definition) is 2. The topological polar surface area (TPSA) is 45.8 Å². The Morgan fingerprint density at radius 3 is 3.00 bits per heavy atom. The molecule has 2 rings (SSSR count). The maximum Gasteiger partial charge on any atom is 0.258 e. The van der Waals surface area contributed by atoms with Crippen molar-refractivity contribution >= 4 is 45.1 Å². The Morgan fingerprint density at radius 1 is 1.57 bits per heavy atom. The Balaban J connectivity index is 3.06. The molecule has 0 saturated heterocycles. The van der Waals surface area contributed by atoms with Gasteiger partial charge >= 0.3 is 0 Å². The van der Waals surface area contributed by atoms with Crippen molar-refractivity contribution in [1.82, 2.24) is 9.97 Å². The Labute approximate surface area is 96.4 Å². The highest BCUT2D eigenvalue weighted by atomic mass is 127. The zero-order chi connectivity index (χ0) is 10.3. The monoisotopic (exact) mass is 324 g/mol. The van der Waals surface area contributed by atoms with Gasteiger partial charge in [0.1, 0.15) is 5.52 Å². The predicted octanol–water partition coefficient (Wildman–Crippen LogP) is 2.32. The Bertz CT molecular complexity index is 569. The van der Waals surface area contributed by atoms with Gasteiger partial charge in [-0.25, -0.2) is 9.37 Å². The molecule has 0 amide bonds. The molecular formula is C8H3ClFIN2O. The van der Waals surface area contributed by atoms with E-state index in [4.69, 9.17) is 11.6 Å². The van der Waals surface area contributed by atoms with Crippen LogP contribution in [0.25, 0.3) is 10.9 Å². The SMILES string of the molecule is O=c1[nH]cnc2c(F)c(I)c(Cl)cc12. The lowest BCUT2D eigenvalue weighted by atomic mass is 10.2. The van der Waals surface area contributed by atoms with Gasteiger partial charge in [0.2, 0.25) is 0 Å². The molecule has 0 saturated carbocycles. The van der Waals surface area contributed by atoms with E-state index in [2.05, 4.69) is 9.97 Å². The summed E-state index contributed by atoms with van der Waals surface area (Å²) in [5.74, 6) is -0.556.